The van der Waals surface area contributed by atoms with Crippen molar-refractivity contribution in [3.8, 4) is 0 Å². The van der Waals surface area contributed by atoms with Gasteiger partial charge in [0.25, 0.3) is 0 Å². The molecule has 0 aromatic carbocycles. The van der Waals surface area contributed by atoms with E-state index in [9.17, 15) is 5.11 Å². The van der Waals surface area contributed by atoms with Gasteiger partial charge in [-0.05, 0) is 25.2 Å². The summed E-state index contributed by atoms with van der Waals surface area (Å²) in [4.78, 5) is 0. The molecule has 1 aliphatic rings. The van der Waals surface area contributed by atoms with E-state index in [1.807, 2.05) is 0 Å². The van der Waals surface area contributed by atoms with Crippen LogP contribution in [-0.4, -0.2) is 19.3 Å². The Hall–Kier alpha value is -0.343. The van der Waals surface area contributed by atoms with E-state index in [2.05, 4.69) is 38.4 Å². The van der Waals surface area contributed by atoms with Gasteiger partial charge in [0.2, 0.25) is 0 Å². The molecule has 80 valence electrons. The van der Waals surface area contributed by atoms with Crippen molar-refractivity contribution in [1.29, 1.82) is 0 Å². The van der Waals surface area contributed by atoms with E-state index in [1.54, 1.807) is 0 Å². The lowest BCUT2D eigenvalue weighted by Gasteiger charge is -2.31. The average Bonchev–Trinajstić information content (AvgIpc) is 2.15. The van der Waals surface area contributed by atoms with E-state index >= 15 is 0 Å². The van der Waals surface area contributed by atoms with Crippen molar-refractivity contribution in [3.63, 3.8) is 0 Å². The average molecular weight is 210 g/mol. The van der Waals surface area contributed by atoms with Crippen molar-refractivity contribution in [2.75, 3.05) is 0 Å². The zero-order chi connectivity index (χ0) is 10.8. The van der Waals surface area contributed by atoms with Crippen LogP contribution in [0, 0.1) is 5.92 Å². The number of allylic oxidation sites excluding steroid dienone is 2. The first-order valence-corrected chi connectivity index (χ1v) is 8.95. The normalized spacial score (nSPS) is 24.7. The van der Waals surface area contributed by atoms with Gasteiger partial charge in [0.1, 0.15) is 0 Å². The van der Waals surface area contributed by atoms with Crippen LogP contribution in [0.1, 0.15) is 19.3 Å². The quantitative estimate of drug-likeness (QED) is 0.560. The lowest BCUT2D eigenvalue weighted by atomic mass is 9.89. The summed E-state index contributed by atoms with van der Waals surface area (Å²) in [6, 6.07) is 0. The highest BCUT2D eigenvalue weighted by Crippen LogP contribution is 2.28. The molecule has 0 bridgehead atoms. The molecule has 1 aliphatic carbocycles. The summed E-state index contributed by atoms with van der Waals surface area (Å²) in [6.45, 7) is 10.8. The molecule has 0 aromatic rings. The van der Waals surface area contributed by atoms with E-state index in [1.165, 1.54) is 0 Å². The Kier molecular flexibility index (Phi) is 3.73. The van der Waals surface area contributed by atoms with Gasteiger partial charge in [0.05, 0.1) is 14.2 Å². The van der Waals surface area contributed by atoms with Crippen LogP contribution in [0.25, 0.3) is 0 Å². The second kappa shape index (κ2) is 4.45. The first-order valence-electron chi connectivity index (χ1n) is 5.45. The molecule has 14 heavy (non-hydrogen) atoms. The van der Waals surface area contributed by atoms with Crippen LogP contribution in [0.15, 0.2) is 23.9 Å². The Labute approximate surface area is 88.5 Å². The van der Waals surface area contributed by atoms with Crippen LogP contribution in [0.2, 0.25) is 19.6 Å². The topological polar surface area (TPSA) is 20.2 Å². The fraction of sp³-hybridized carbons (Fsp3) is 0.667. The summed E-state index contributed by atoms with van der Waals surface area (Å²) in [5, 5.41) is 11.3. The second-order valence-electron chi connectivity index (χ2n) is 5.26. The standard InChI is InChI=1S/C12H22OSi/c1-10(14(2,3)4)12(13)11-8-6-5-7-9-11/h5-6,11-13H,1,7-9H2,2-4H3. The highest BCUT2D eigenvalue weighted by Gasteiger charge is 2.29. The number of rotatable bonds is 3. The highest BCUT2D eigenvalue weighted by atomic mass is 28.3. The number of aliphatic hydroxyl groups is 1. The van der Waals surface area contributed by atoms with Crippen molar-refractivity contribution in [3.05, 3.63) is 23.9 Å². The minimum Gasteiger partial charge on any atom is -0.389 e. The van der Waals surface area contributed by atoms with Gasteiger partial charge in [0.15, 0.2) is 0 Å². The molecule has 0 aromatic heterocycles. The molecular weight excluding hydrogens is 188 g/mol. The Bertz CT molecular complexity index is 237. The van der Waals surface area contributed by atoms with E-state index in [-0.39, 0.29) is 6.10 Å². The smallest absolute Gasteiger partial charge is 0.0750 e. The van der Waals surface area contributed by atoms with Gasteiger partial charge in [-0.3, -0.25) is 0 Å². The van der Waals surface area contributed by atoms with Gasteiger partial charge >= 0.3 is 0 Å². The Balaban J connectivity index is 2.60. The minimum atomic E-state index is -1.38. The Morgan fingerprint density at radius 2 is 2.07 bits per heavy atom. The van der Waals surface area contributed by atoms with Crippen molar-refractivity contribution in [2.24, 2.45) is 5.92 Å². The molecular formula is C12H22OSi. The first-order chi connectivity index (χ1) is 6.43. The molecule has 2 atom stereocenters. The lowest BCUT2D eigenvalue weighted by Crippen LogP contribution is -2.36. The van der Waals surface area contributed by atoms with Crippen molar-refractivity contribution in [2.45, 2.75) is 45.0 Å². The zero-order valence-electron chi connectivity index (χ0n) is 9.59. The van der Waals surface area contributed by atoms with Crippen LogP contribution < -0.4 is 0 Å². The molecule has 1 nitrogen and oxygen atoms in total. The number of aliphatic hydroxyl groups excluding tert-OH is 1. The minimum absolute atomic E-state index is 0.272. The molecule has 2 unspecified atom stereocenters. The fourth-order valence-electron chi connectivity index (χ4n) is 1.83. The molecule has 0 saturated heterocycles. The maximum Gasteiger partial charge on any atom is 0.0750 e. The fourth-order valence-corrected chi connectivity index (χ4v) is 2.95. The molecule has 0 heterocycles. The van der Waals surface area contributed by atoms with Crippen molar-refractivity contribution >= 4 is 8.07 Å². The van der Waals surface area contributed by atoms with Gasteiger partial charge in [-0.2, -0.15) is 0 Å². The Morgan fingerprint density at radius 3 is 2.50 bits per heavy atom. The van der Waals surface area contributed by atoms with Gasteiger partial charge in [0, 0.05) is 0 Å². The van der Waals surface area contributed by atoms with Crippen LogP contribution in [-0.2, 0) is 0 Å². The number of hydrogen-bond acceptors (Lipinski definition) is 1. The van der Waals surface area contributed by atoms with Crippen LogP contribution in [0.3, 0.4) is 0 Å². The second-order valence-corrected chi connectivity index (χ2v) is 10.4. The SMILES string of the molecule is C=C(C(O)C1CC=CCC1)[Si](C)(C)C. The van der Waals surface area contributed by atoms with Crippen LogP contribution in [0.4, 0.5) is 0 Å². The molecule has 0 amide bonds. The van der Waals surface area contributed by atoms with Crippen LogP contribution >= 0.6 is 0 Å². The molecule has 0 fully saturated rings. The third kappa shape index (κ3) is 2.82. The molecule has 0 aliphatic heterocycles. The Morgan fingerprint density at radius 1 is 1.43 bits per heavy atom. The van der Waals surface area contributed by atoms with Gasteiger partial charge in [-0.1, -0.05) is 37.0 Å². The molecule has 2 heteroatoms. The third-order valence-electron chi connectivity index (χ3n) is 3.08. The summed E-state index contributed by atoms with van der Waals surface area (Å²) in [5.74, 6) is 0.416. The molecule has 0 spiro atoms. The van der Waals surface area contributed by atoms with Gasteiger partial charge in [-0.25, -0.2) is 0 Å². The van der Waals surface area contributed by atoms with Crippen molar-refractivity contribution in [1.82, 2.24) is 0 Å². The molecule has 1 N–H and O–H groups in total. The summed E-state index contributed by atoms with van der Waals surface area (Å²) in [5.41, 5.74) is 0. The van der Waals surface area contributed by atoms with Crippen molar-refractivity contribution < 1.29 is 5.11 Å². The summed E-state index contributed by atoms with van der Waals surface area (Å²) < 4.78 is 0. The van der Waals surface area contributed by atoms with E-state index < -0.39 is 8.07 Å². The maximum atomic E-state index is 10.2. The third-order valence-corrected chi connectivity index (χ3v) is 5.30. The molecule has 1 rings (SSSR count). The van der Waals surface area contributed by atoms with E-state index in [4.69, 9.17) is 0 Å². The molecule has 0 saturated carbocycles. The molecule has 0 radical (unpaired) electrons. The largest absolute Gasteiger partial charge is 0.389 e. The van der Waals surface area contributed by atoms with E-state index in [0.29, 0.717) is 5.92 Å². The highest BCUT2D eigenvalue weighted by molar-refractivity contribution is 6.83. The number of hydrogen-bond donors (Lipinski definition) is 1. The predicted molar refractivity (Wildman–Crippen MR) is 65.0 cm³/mol. The van der Waals surface area contributed by atoms with Gasteiger partial charge in [-0.15, -0.1) is 6.58 Å². The van der Waals surface area contributed by atoms with Crippen LogP contribution in [0.5, 0.6) is 0 Å². The maximum absolute atomic E-state index is 10.2. The predicted octanol–water partition coefficient (Wildman–Crippen LogP) is 3.14. The first kappa shape index (κ1) is 11.7. The van der Waals surface area contributed by atoms with E-state index in [0.717, 1.165) is 24.5 Å². The van der Waals surface area contributed by atoms with Gasteiger partial charge < -0.3 is 5.11 Å². The zero-order valence-corrected chi connectivity index (χ0v) is 10.6. The summed E-state index contributed by atoms with van der Waals surface area (Å²) >= 11 is 0. The summed E-state index contributed by atoms with van der Waals surface area (Å²) in [7, 11) is -1.38. The monoisotopic (exact) mass is 210 g/mol. The lowest BCUT2D eigenvalue weighted by molar-refractivity contribution is 0.141. The summed E-state index contributed by atoms with van der Waals surface area (Å²) in [6.07, 6.45) is 7.37.